The van der Waals surface area contributed by atoms with Crippen molar-refractivity contribution >= 4 is 39.9 Å². The average molecular weight is 554 g/mol. The monoisotopic (exact) mass is 553 g/mol. The van der Waals surface area contributed by atoms with Gasteiger partial charge in [0.15, 0.2) is 6.23 Å². The number of benzene rings is 1. The first kappa shape index (κ1) is 25.4. The molecule has 2 fully saturated rings. The van der Waals surface area contributed by atoms with E-state index >= 15 is 0 Å². The molecule has 1 unspecified atom stereocenters. The summed E-state index contributed by atoms with van der Waals surface area (Å²) in [7, 11) is 0. The molecule has 10 heteroatoms. The van der Waals surface area contributed by atoms with Crippen molar-refractivity contribution in [1.82, 2.24) is 19.7 Å². The SMILES string of the molecule is C[C@@H](Oc1ccc2c(c1)c(-c1ccc(N3CC(C)(O)C3)nc1)nn2C1CCCCO1)c1c(Cl)cncc1Cl. The second-order valence-corrected chi connectivity index (χ2v) is 11.1. The van der Waals surface area contributed by atoms with Crippen LogP contribution in [0.4, 0.5) is 5.82 Å². The van der Waals surface area contributed by atoms with Crippen LogP contribution >= 0.6 is 23.2 Å². The Hall–Kier alpha value is -2.91. The Balaban J connectivity index is 1.36. The van der Waals surface area contributed by atoms with Crippen LogP contribution in [0.1, 0.15) is 51.0 Å². The Morgan fingerprint density at radius 3 is 2.55 bits per heavy atom. The lowest BCUT2D eigenvalue weighted by atomic mass is 9.97. The van der Waals surface area contributed by atoms with Gasteiger partial charge in [-0.05, 0) is 63.4 Å². The topological polar surface area (TPSA) is 85.5 Å². The van der Waals surface area contributed by atoms with Gasteiger partial charge in [0, 0.05) is 54.8 Å². The maximum absolute atomic E-state index is 10.1. The van der Waals surface area contributed by atoms with Crippen LogP contribution in [0.2, 0.25) is 10.0 Å². The molecule has 0 amide bonds. The number of halogens is 2. The molecule has 38 heavy (non-hydrogen) atoms. The molecule has 0 radical (unpaired) electrons. The Morgan fingerprint density at radius 2 is 1.89 bits per heavy atom. The zero-order valence-corrected chi connectivity index (χ0v) is 22.8. The number of nitrogens with zero attached hydrogens (tertiary/aromatic N) is 5. The Bertz CT molecular complexity index is 1440. The number of aliphatic hydroxyl groups is 1. The van der Waals surface area contributed by atoms with Gasteiger partial charge < -0.3 is 19.5 Å². The maximum atomic E-state index is 10.1. The summed E-state index contributed by atoms with van der Waals surface area (Å²) < 4.78 is 14.4. The van der Waals surface area contributed by atoms with Crippen molar-refractivity contribution in [3.63, 3.8) is 0 Å². The molecule has 2 saturated heterocycles. The van der Waals surface area contributed by atoms with E-state index in [1.807, 2.05) is 55.1 Å². The fraction of sp³-hybridized carbons (Fsp3) is 0.393. The lowest BCUT2D eigenvalue weighted by molar-refractivity contribution is -0.0365. The van der Waals surface area contributed by atoms with Crippen molar-refractivity contribution in [1.29, 1.82) is 0 Å². The van der Waals surface area contributed by atoms with Crippen molar-refractivity contribution in [2.24, 2.45) is 0 Å². The second kappa shape index (κ2) is 10.0. The average Bonchev–Trinajstić information content (AvgIpc) is 3.27. The van der Waals surface area contributed by atoms with Crippen LogP contribution in [0.5, 0.6) is 5.75 Å². The van der Waals surface area contributed by atoms with Crippen molar-refractivity contribution < 1.29 is 14.6 Å². The number of anilines is 1. The van der Waals surface area contributed by atoms with Gasteiger partial charge >= 0.3 is 0 Å². The first-order valence-corrected chi connectivity index (χ1v) is 13.6. The summed E-state index contributed by atoms with van der Waals surface area (Å²) in [6.45, 7) is 5.61. The molecule has 1 N–H and O–H groups in total. The third-order valence-electron chi connectivity index (χ3n) is 7.12. The molecule has 2 atom stereocenters. The summed E-state index contributed by atoms with van der Waals surface area (Å²) in [5.41, 5.74) is 2.70. The molecular weight excluding hydrogens is 525 g/mol. The first-order chi connectivity index (χ1) is 18.3. The van der Waals surface area contributed by atoms with Crippen molar-refractivity contribution in [2.75, 3.05) is 24.6 Å². The zero-order valence-electron chi connectivity index (χ0n) is 21.3. The van der Waals surface area contributed by atoms with E-state index in [1.54, 1.807) is 12.4 Å². The maximum Gasteiger partial charge on any atom is 0.150 e. The number of ether oxygens (including phenoxy) is 2. The second-order valence-electron chi connectivity index (χ2n) is 10.3. The lowest BCUT2D eigenvalue weighted by Crippen LogP contribution is -2.60. The van der Waals surface area contributed by atoms with E-state index < -0.39 is 5.60 Å². The van der Waals surface area contributed by atoms with Gasteiger partial charge in [0.05, 0.1) is 21.2 Å². The summed E-state index contributed by atoms with van der Waals surface area (Å²) in [4.78, 5) is 10.8. The van der Waals surface area contributed by atoms with Gasteiger partial charge in [0.1, 0.15) is 23.4 Å². The van der Waals surface area contributed by atoms with Gasteiger partial charge in [-0.15, -0.1) is 0 Å². The van der Waals surface area contributed by atoms with Crippen LogP contribution in [-0.4, -0.2) is 50.2 Å². The highest BCUT2D eigenvalue weighted by molar-refractivity contribution is 6.35. The molecule has 4 aromatic rings. The van der Waals surface area contributed by atoms with E-state index in [9.17, 15) is 5.11 Å². The molecule has 0 aliphatic carbocycles. The number of pyridine rings is 2. The number of hydrogen-bond donors (Lipinski definition) is 1. The van der Waals surface area contributed by atoms with Crippen molar-refractivity contribution in [2.45, 2.75) is 51.0 Å². The number of β-amino-alcohol motifs (C(OH)–C–C–N with tert-alkyl or cyclic N) is 1. The highest BCUT2D eigenvalue weighted by atomic mass is 35.5. The van der Waals surface area contributed by atoms with E-state index in [1.165, 1.54) is 0 Å². The van der Waals surface area contributed by atoms with Crippen LogP contribution < -0.4 is 9.64 Å². The van der Waals surface area contributed by atoms with Crippen LogP contribution in [0.15, 0.2) is 48.9 Å². The first-order valence-electron chi connectivity index (χ1n) is 12.8. The molecule has 198 valence electrons. The fourth-order valence-corrected chi connectivity index (χ4v) is 5.94. The molecule has 1 aromatic carbocycles. The number of rotatable bonds is 6. The predicted octanol–water partition coefficient (Wildman–Crippen LogP) is 6.21. The van der Waals surface area contributed by atoms with Gasteiger partial charge in [-0.25, -0.2) is 9.67 Å². The predicted molar refractivity (Wildman–Crippen MR) is 148 cm³/mol. The molecule has 0 spiro atoms. The van der Waals surface area contributed by atoms with Gasteiger partial charge in [-0.2, -0.15) is 5.10 Å². The summed E-state index contributed by atoms with van der Waals surface area (Å²) >= 11 is 12.7. The zero-order chi connectivity index (χ0) is 26.4. The molecule has 0 bridgehead atoms. The van der Waals surface area contributed by atoms with Crippen LogP contribution in [0.25, 0.3) is 22.2 Å². The lowest BCUT2D eigenvalue weighted by Gasteiger charge is -2.44. The number of fused-ring (bicyclic) bond motifs is 1. The number of hydrogen-bond acceptors (Lipinski definition) is 7. The Morgan fingerprint density at radius 1 is 1.11 bits per heavy atom. The third kappa shape index (κ3) is 4.82. The van der Waals surface area contributed by atoms with Gasteiger partial charge in [0.2, 0.25) is 0 Å². The fourth-order valence-electron chi connectivity index (χ4n) is 5.27. The minimum Gasteiger partial charge on any atom is -0.486 e. The highest BCUT2D eigenvalue weighted by Gasteiger charge is 2.37. The summed E-state index contributed by atoms with van der Waals surface area (Å²) in [6.07, 6.45) is 7.54. The molecule has 0 saturated carbocycles. The summed E-state index contributed by atoms with van der Waals surface area (Å²) in [6, 6.07) is 9.95. The molecule has 5 heterocycles. The van der Waals surface area contributed by atoms with Crippen LogP contribution in [-0.2, 0) is 4.74 Å². The van der Waals surface area contributed by atoms with Gasteiger partial charge in [-0.1, -0.05) is 23.2 Å². The standard InChI is InChI=1S/C28H29Cl2N5O3/c1-17(26-21(29)13-31-14-22(26)30)38-19-7-8-23-20(11-19)27(33-35(23)25-5-3-4-10-37-25)18-6-9-24(32-12-18)34-15-28(2,36)16-34/h6-9,11-14,17,25,36H,3-5,10,15-16H2,1-2H3/t17-,25?/m1/s1. The molecule has 2 aliphatic rings. The largest absolute Gasteiger partial charge is 0.486 e. The molecule has 8 nitrogen and oxygen atoms in total. The Kier molecular flexibility index (Phi) is 6.68. The van der Waals surface area contributed by atoms with Crippen molar-refractivity contribution in [3.8, 4) is 17.0 Å². The van der Waals surface area contributed by atoms with Gasteiger partial charge in [-0.3, -0.25) is 4.98 Å². The smallest absolute Gasteiger partial charge is 0.150 e. The van der Waals surface area contributed by atoms with Crippen LogP contribution in [0, 0.1) is 0 Å². The molecular formula is C28H29Cl2N5O3. The summed E-state index contributed by atoms with van der Waals surface area (Å²) in [5, 5.41) is 17.0. The van der Waals surface area contributed by atoms with E-state index in [0.717, 1.165) is 53.8 Å². The third-order valence-corrected chi connectivity index (χ3v) is 7.73. The normalized spacial score (nSPS) is 19.8. The van der Waals surface area contributed by atoms with E-state index in [0.29, 0.717) is 34.4 Å². The molecule has 6 rings (SSSR count). The Labute approximate surface area is 231 Å². The quantitative estimate of drug-likeness (QED) is 0.303. The van der Waals surface area contributed by atoms with Crippen LogP contribution in [0.3, 0.4) is 0 Å². The minimum absolute atomic E-state index is 0.115. The van der Waals surface area contributed by atoms with E-state index in [2.05, 4.69) is 14.9 Å². The van der Waals surface area contributed by atoms with Crippen molar-refractivity contribution in [3.05, 3.63) is 64.5 Å². The molecule has 3 aromatic heterocycles. The summed E-state index contributed by atoms with van der Waals surface area (Å²) in [5.74, 6) is 1.51. The van der Waals surface area contributed by atoms with Gasteiger partial charge in [0.25, 0.3) is 0 Å². The van der Waals surface area contributed by atoms with E-state index in [4.69, 9.17) is 37.8 Å². The minimum atomic E-state index is -0.659. The molecule has 2 aliphatic heterocycles. The van der Waals surface area contributed by atoms with E-state index in [-0.39, 0.29) is 12.3 Å². The number of aromatic nitrogens is 4. The highest BCUT2D eigenvalue weighted by Crippen LogP contribution is 2.38.